The molecule has 0 heterocycles. The first-order valence-electron chi connectivity index (χ1n) is 6.12. The summed E-state index contributed by atoms with van der Waals surface area (Å²) in [7, 11) is 3.24. The summed E-state index contributed by atoms with van der Waals surface area (Å²) in [5, 5.41) is 3.15. The molecule has 100 valence electrons. The van der Waals surface area contributed by atoms with Crippen LogP contribution in [0.2, 0.25) is 0 Å². The van der Waals surface area contributed by atoms with Gasteiger partial charge in [0.05, 0.1) is 7.11 Å². The van der Waals surface area contributed by atoms with Crippen molar-refractivity contribution >= 4 is 17.7 Å². The van der Waals surface area contributed by atoms with Crippen LogP contribution in [0.5, 0.6) is 0 Å². The molecular formula is C14H21NO2S. The molecule has 0 aromatic heterocycles. The molecule has 18 heavy (non-hydrogen) atoms. The molecule has 1 atom stereocenters. The number of esters is 1. The standard InChI is InChI=1S/C14H21NO2S/c1-4-18-11-10-14(15-2,13(16)17-3)12-8-6-5-7-9-12/h5-9,15H,4,10-11H2,1-3H3. The van der Waals surface area contributed by atoms with Crippen molar-refractivity contribution in [3.8, 4) is 0 Å². The number of carbonyl (C=O) groups excluding carboxylic acids is 1. The Morgan fingerprint density at radius 2 is 2.06 bits per heavy atom. The lowest BCUT2D eigenvalue weighted by Gasteiger charge is -2.31. The highest BCUT2D eigenvalue weighted by Crippen LogP contribution is 2.28. The number of carbonyl (C=O) groups is 1. The molecule has 0 bridgehead atoms. The summed E-state index contributed by atoms with van der Waals surface area (Å²) in [5.74, 6) is 1.74. The molecule has 3 nitrogen and oxygen atoms in total. The van der Waals surface area contributed by atoms with Crippen molar-refractivity contribution < 1.29 is 9.53 Å². The van der Waals surface area contributed by atoms with E-state index in [1.54, 1.807) is 7.05 Å². The highest BCUT2D eigenvalue weighted by molar-refractivity contribution is 7.99. The van der Waals surface area contributed by atoms with Gasteiger partial charge < -0.3 is 10.1 Å². The van der Waals surface area contributed by atoms with Gasteiger partial charge in [0.25, 0.3) is 0 Å². The van der Waals surface area contributed by atoms with Crippen molar-refractivity contribution in [3.63, 3.8) is 0 Å². The molecule has 1 N–H and O–H groups in total. The maximum atomic E-state index is 12.2. The van der Waals surface area contributed by atoms with Crippen molar-refractivity contribution in [2.75, 3.05) is 25.7 Å². The molecule has 4 heteroatoms. The Morgan fingerprint density at radius 3 is 2.56 bits per heavy atom. The molecular weight excluding hydrogens is 246 g/mol. The van der Waals surface area contributed by atoms with Gasteiger partial charge in [-0.2, -0.15) is 11.8 Å². The van der Waals surface area contributed by atoms with Crippen LogP contribution in [0.1, 0.15) is 18.9 Å². The fraction of sp³-hybridized carbons (Fsp3) is 0.500. The van der Waals surface area contributed by atoms with Crippen LogP contribution >= 0.6 is 11.8 Å². The Bertz CT molecular complexity index is 369. The Hall–Kier alpha value is -1.00. The van der Waals surface area contributed by atoms with E-state index in [1.165, 1.54) is 7.11 Å². The molecule has 0 radical (unpaired) electrons. The van der Waals surface area contributed by atoms with Crippen LogP contribution in [0.3, 0.4) is 0 Å². The molecule has 1 aromatic rings. The summed E-state index contributed by atoms with van der Waals surface area (Å²) in [4.78, 5) is 12.2. The number of hydrogen-bond acceptors (Lipinski definition) is 4. The third-order valence-electron chi connectivity index (χ3n) is 3.05. The van der Waals surface area contributed by atoms with Crippen molar-refractivity contribution in [2.24, 2.45) is 0 Å². The molecule has 0 amide bonds. The maximum absolute atomic E-state index is 12.2. The maximum Gasteiger partial charge on any atom is 0.330 e. The van der Waals surface area contributed by atoms with Gasteiger partial charge in [-0.25, -0.2) is 4.79 Å². The molecule has 0 aliphatic carbocycles. The SMILES string of the molecule is CCSCCC(NC)(C(=O)OC)c1ccccc1. The van der Waals surface area contributed by atoms with Crippen LogP contribution in [-0.2, 0) is 15.1 Å². The zero-order chi connectivity index (χ0) is 13.4. The minimum absolute atomic E-state index is 0.229. The highest BCUT2D eigenvalue weighted by atomic mass is 32.2. The van der Waals surface area contributed by atoms with Gasteiger partial charge in [-0.3, -0.25) is 0 Å². The third-order valence-corrected chi connectivity index (χ3v) is 3.95. The van der Waals surface area contributed by atoms with Crippen molar-refractivity contribution in [2.45, 2.75) is 18.9 Å². The monoisotopic (exact) mass is 267 g/mol. The number of methoxy groups -OCH3 is 1. The molecule has 0 aliphatic heterocycles. The molecule has 1 rings (SSSR count). The number of thioether (sulfide) groups is 1. The van der Waals surface area contributed by atoms with Crippen LogP contribution in [0.15, 0.2) is 30.3 Å². The van der Waals surface area contributed by atoms with Gasteiger partial charge in [0.2, 0.25) is 0 Å². The van der Waals surface area contributed by atoms with E-state index < -0.39 is 5.54 Å². The van der Waals surface area contributed by atoms with E-state index in [2.05, 4.69) is 12.2 Å². The number of nitrogens with one attached hydrogen (secondary N) is 1. The van der Waals surface area contributed by atoms with Gasteiger partial charge in [-0.15, -0.1) is 0 Å². The number of rotatable bonds is 7. The first-order valence-corrected chi connectivity index (χ1v) is 7.27. The Balaban J connectivity index is 3.02. The van der Waals surface area contributed by atoms with Gasteiger partial charge in [0, 0.05) is 0 Å². The van der Waals surface area contributed by atoms with E-state index in [1.807, 2.05) is 42.1 Å². The normalized spacial score (nSPS) is 13.9. The number of hydrogen-bond donors (Lipinski definition) is 1. The van der Waals surface area contributed by atoms with Crippen molar-refractivity contribution in [3.05, 3.63) is 35.9 Å². The number of likely N-dealkylation sites (N-methyl/N-ethyl adjacent to an activating group) is 1. The lowest BCUT2D eigenvalue weighted by molar-refractivity contribution is -0.149. The van der Waals surface area contributed by atoms with Crippen LogP contribution in [-0.4, -0.2) is 31.6 Å². The Labute approximate surface area is 113 Å². The fourth-order valence-electron chi connectivity index (χ4n) is 2.00. The van der Waals surface area contributed by atoms with E-state index in [0.29, 0.717) is 0 Å². The molecule has 0 spiro atoms. The van der Waals surface area contributed by atoms with E-state index >= 15 is 0 Å². The van der Waals surface area contributed by atoms with Crippen LogP contribution in [0, 0.1) is 0 Å². The zero-order valence-corrected chi connectivity index (χ0v) is 12.0. The second-order valence-corrected chi connectivity index (χ2v) is 5.35. The predicted octanol–water partition coefficient (Wildman–Crippen LogP) is 2.42. The zero-order valence-electron chi connectivity index (χ0n) is 11.2. The van der Waals surface area contributed by atoms with E-state index in [-0.39, 0.29) is 5.97 Å². The van der Waals surface area contributed by atoms with Gasteiger partial charge in [-0.05, 0) is 30.5 Å². The minimum Gasteiger partial charge on any atom is -0.467 e. The summed E-state index contributed by atoms with van der Waals surface area (Å²) >= 11 is 1.83. The van der Waals surface area contributed by atoms with Gasteiger partial charge in [0.15, 0.2) is 0 Å². The number of ether oxygens (including phenoxy) is 1. The summed E-state index contributed by atoms with van der Waals surface area (Å²) in [6, 6.07) is 9.75. The molecule has 0 saturated carbocycles. The average molecular weight is 267 g/mol. The molecule has 0 fully saturated rings. The molecule has 1 unspecified atom stereocenters. The number of benzene rings is 1. The third kappa shape index (κ3) is 3.27. The highest BCUT2D eigenvalue weighted by Gasteiger charge is 2.39. The second-order valence-electron chi connectivity index (χ2n) is 3.96. The summed E-state index contributed by atoms with van der Waals surface area (Å²) < 4.78 is 4.98. The van der Waals surface area contributed by atoms with E-state index in [9.17, 15) is 4.79 Å². The molecule has 0 aliphatic rings. The fourth-order valence-corrected chi connectivity index (χ4v) is 2.74. The average Bonchev–Trinajstić information content (AvgIpc) is 2.44. The molecule has 0 saturated heterocycles. The van der Waals surface area contributed by atoms with Crippen LogP contribution < -0.4 is 5.32 Å². The lowest BCUT2D eigenvalue weighted by Crippen LogP contribution is -2.48. The van der Waals surface area contributed by atoms with Gasteiger partial charge in [-0.1, -0.05) is 37.3 Å². The Morgan fingerprint density at radius 1 is 1.39 bits per heavy atom. The first-order chi connectivity index (χ1) is 8.71. The van der Waals surface area contributed by atoms with Crippen LogP contribution in [0.25, 0.3) is 0 Å². The van der Waals surface area contributed by atoms with Crippen molar-refractivity contribution in [1.29, 1.82) is 0 Å². The summed E-state index contributed by atoms with van der Waals surface area (Å²) in [6.45, 7) is 2.12. The van der Waals surface area contributed by atoms with Gasteiger partial charge >= 0.3 is 5.97 Å². The lowest BCUT2D eigenvalue weighted by atomic mass is 9.87. The topological polar surface area (TPSA) is 38.3 Å². The molecule has 1 aromatic carbocycles. The van der Waals surface area contributed by atoms with E-state index in [4.69, 9.17) is 4.74 Å². The van der Waals surface area contributed by atoms with Crippen LogP contribution in [0.4, 0.5) is 0 Å². The first kappa shape index (κ1) is 15.1. The quantitative estimate of drug-likeness (QED) is 0.608. The summed E-state index contributed by atoms with van der Waals surface area (Å²) in [6.07, 6.45) is 0.721. The predicted molar refractivity (Wildman–Crippen MR) is 76.8 cm³/mol. The largest absolute Gasteiger partial charge is 0.467 e. The van der Waals surface area contributed by atoms with Crippen molar-refractivity contribution in [1.82, 2.24) is 5.32 Å². The van der Waals surface area contributed by atoms with E-state index in [0.717, 1.165) is 23.5 Å². The minimum atomic E-state index is -0.738. The summed E-state index contributed by atoms with van der Waals surface area (Å²) in [5.41, 5.74) is 0.217. The second kappa shape index (κ2) is 7.44. The Kier molecular flexibility index (Phi) is 6.22. The smallest absolute Gasteiger partial charge is 0.330 e. The van der Waals surface area contributed by atoms with Gasteiger partial charge in [0.1, 0.15) is 5.54 Å².